The lowest BCUT2D eigenvalue weighted by Crippen LogP contribution is -2.37. The first kappa shape index (κ1) is 14.3. The summed E-state index contributed by atoms with van der Waals surface area (Å²) in [4.78, 5) is 22.3. The van der Waals surface area contributed by atoms with E-state index in [1.807, 2.05) is 0 Å². The Morgan fingerprint density at radius 3 is 2.60 bits per heavy atom. The van der Waals surface area contributed by atoms with Gasteiger partial charge < -0.3 is 11.1 Å². The van der Waals surface area contributed by atoms with Gasteiger partial charge in [-0.15, -0.1) is 0 Å². The zero-order chi connectivity index (χ0) is 14.7. The van der Waals surface area contributed by atoms with Gasteiger partial charge >= 0.3 is 0 Å². The summed E-state index contributed by atoms with van der Waals surface area (Å²) in [5.74, 6) is 0.438. The minimum absolute atomic E-state index is 0.0676. The van der Waals surface area contributed by atoms with Gasteiger partial charge in [0.05, 0.1) is 4.92 Å². The molecule has 1 aliphatic carbocycles. The van der Waals surface area contributed by atoms with E-state index in [2.05, 4.69) is 12.2 Å². The molecule has 20 heavy (non-hydrogen) atoms. The smallest absolute Gasteiger partial charge is 0.292 e. The van der Waals surface area contributed by atoms with Gasteiger partial charge in [-0.05, 0) is 43.7 Å². The highest BCUT2D eigenvalue weighted by Crippen LogP contribution is 2.25. The number of hydrogen-bond donors (Lipinski definition) is 2. The maximum absolute atomic E-state index is 12.1. The molecule has 1 aromatic carbocycles. The van der Waals surface area contributed by atoms with Crippen molar-refractivity contribution in [3.05, 3.63) is 33.9 Å². The average molecular weight is 277 g/mol. The first-order valence-corrected chi connectivity index (χ1v) is 6.82. The normalized spacial score (nSPS) is 22.2. The number of hydrogen-bond acceptors (Lipinski definition) is 4. The van der Waals surface area contributed by atoms with Crippen molar-refractivity contribution in [2.24, 2.45) is 5.92 Å². The lowest BCUT2D eigenvalue weighted by Gasteiger charge is -2.26. The molecule has 0 spiro atoms. The summed E-state index contributed by atoms with van der Waals surface area (Å²) in [5, 5.41) is 13.8. The van der Waals surface area contributed by atoms with Crippen LogP contribution in [0.1, 0.15) is 43.0 Å². The topological polar surface area (TPSA) is 98.3 Å². The monoisotopic (exact) mass is 277 g/mol. The number of nitro groups is 1. The Bertz CT molecular complexity index is 522. The summed E-state index contributed by atoms with van der Waals surface area (Å²) in [6, 6.07) is 4.31. The molecule has 6 heteroatoms. The lowest BCUT2D eigenvalue weighted by atomic mass is 9.87. The maximum atomic E-state index is 12.1. The number of nitro benzene ring substituents is 1. The van der Waals surface area contributed by atoms with Gasteiger partial charge in [0, 0.05) is 17.7 Å². The van der Waals surface area contributed by atoms with Crippen LogP contribution in [0.25, 0.3) is 0 Å². The summed E-state index contributed by atoms with van der Waals surface area (Å²) >= 11 is 0. The molecule has 0 radical (unpaired) electrons. The molecule has 0 saturated heterocycles. The third kappa shape index (κ3) is 3.26. The number of amides is 1. The highest BCUT2D eigenvalue weighted by molar-refractivity contribution is 5.95. The van der Waals surface area contributed by atoms with Crippen molar-refractivity contribution in [3.8, 4) is 0 Å². The molecule has 1 fully saturated rings. The largest absolute Gasteiger partial charge is 0.393 e. The second-order valence-electron chi connectivity index (χ2n) is 5.46. The van der Waals surface area contributed by atoms with Crippen molar-refractivity contribution < 1.29 is 9.72 Å². The van der Waals surface area contributed by atoms with Crippen molar-refractivity contribution in [1.82, 2.24) is 5.32 Å². The highest BCUT2D eigenvalue weighted by Gasteiger charge is 2.21. The Kier molecular flexibility index (Phi) is 4.22. The van der Waals surface area contributed by atoms with Gasteiger partial charge in [0.15, 0.2) is 0 Å². The fraction of sp³-hybridized carbons (Fsp3) is 0.500. The molecule has 1 aromatic rings. The van der Waals surface area contributed by atoms with Crippen LogP contribution < -0.4 is 11.1 Å². The van der Waals surface area contributed by atoms with Gasteiger partial charge in [-0.2, -0.15) is 0 Å². The third-order valence-electron chi connectivity index (χ3n) is 3.84. The summed E-state index contributed by atoms with van der Waals surface area (Å²) in [6.07, 6.45) is 4.13. The minimum Gasteiger partial charge on any atom is -0.393 e. The zero-order valence-corrected chi connectivity index (χ0v) is 11.5. The van der Waals surface area contributed by atoms with E-state index in [1.165, 1.54) is 18.2 Å². The molecular weight excluding hydrogens is 258 g/mol. The predicted octanol–water partition coefficient (Wildman–Crippen LogP) is 2.49. The predicted molar refractivity (Wildman–Crippen MR) is 76.4 cm³/mol. The number of benzene rings is 1. The molecule has 108 valence electrons. The fourth-order valence-corrected chi connectivity index (χ4v) is 2.52. The van der Waals surface area contributed by atoms with Crippen LogP contribution in [0.15, 0.2) is 18.2 Å². The molecule has 2 rings (SSSR count). The molecule has 0 unspecified atom stereocenters. The van der Waals surface area contributed by atoms with Crippen LogP contribution >= 0.6 is 0 Å². The summed E-state index contributed by atoms with van der Waals surface area (Å²) in [7, 11) is 0. The number of carbonyl (C=O) groups is 1. The highest BCUT2D eigenvalue weighted by atomic mass is 16.6. The van der Waals surface area contributed by atoms with Crippen molar-refractivity contribution in [1.29, 1.82) is 0 Å². The van der Waals surface area contributed by atoms with E-state index < -0.39 is 4.92 Å². The van der Waals surface area contributed by atoms with Crippen molar-refractivity contribution in [3.63, 3.8) is 0 Å². The van der Waals surface area contributed by atoms with E-state index in [-0.39, 0.29) is 28.9 Å². The second kappa shape index (κ2) is 5.90. The van der Waals surface area contributed by atoms with E-state index in [1.54, 1.807) is 0 Å². The number of anilines is 1. The van der Waals surface area contributed by atoms with Crippen LogP contribution in [0, 0.1) is 16.0 Å². The lowest BCUT2D eigenvalue weighted by molar-refractivity contribution is -0.383. The van der Waals surface area contributed by atoms with Gasteiger partial charge in [0.2, 0.25) is 0 Å². The minimum atomic E-state index is -0.575. The Morgan fingerprint density at radius 2 is 2.00 bits per heavy atom. The van der Waals surface area contributed by atoms with Gasteiger partial charge in [0.1, 0.15) is 5.69 Å². The number of carbonyl (C=O) groups excluding carboxylic acids is 1. The first-order valence-electron chi connectivity index (χ1n) is 6.82. The molecule has 0 aliphatic heterocycles. The first-order chi connectivity index (χ1) is 9.47. The van der Waals surface area contributed by atoms with Crippen LogP contribution in [-0.2, 0) is 0 Å². The fourth-order valence-electron chi connectivity index (χ4n) is 2.52. The number of rotatable bonds is 3. The van der Waals surface area contributed by atoms with Crippen molar-refractivity contribution >= 4 is 17.3 Å². The van der Waals surface area contributed by atoms with E-state index in [0.717, 1.165) is 25.7 Å². The molecule has 1 saturated carbocycles. The Balaban J connectivity index is 2.06. The van der Waals surface area contributed by atoms with E-state index in [4.69, 9.17) is 5.73 Å². The molecule has 1 aliphatic rings. The zero-order valence-electron chi connectivity index (χ0n) is 11.5. The number of nitrogen functional groups attached to an aromatic ring is 1. The molecule has 0 aromatic heterocycles. The Labute approximate surface area is 117 Å². The molecule has 1 amide bonds. The molecule has 3 N–H and O–H groups in total. The van der Waals surface area contributed by atoms with Gasteiger partial charge in [-0.3, -0.25) is 14.9 Å². The van der Waals surface area contributed by atoms with E-state index in [9.17, 15) is 14.9 Å². The van der Waals surface area contributed by atoms with Crippen LogP contribution in [0.5, 0.6) is 0 Å². The average Bonchev–Trinajstić information content (AvgIpc) is 2.41. The van der Waals surface area contributed by atoms with Crippen LogP contribution in [0.3, 0.4) is 0 Å². The summed E-state index contributed by atoms with van der Waals surface area (Å²) in [6.45, 7) is 2.21. The van der Waals surface area contributed by atoms with Crippen LogP contribution in [0.2, 0.25) is 0 Å². The molecule has 0 atom stereocenters. The van der Waals surface area contributed by atoms with Crippen molar-refractivity contribution in [2.45, 2.75) is 38.6 Å². The standard InChI is InChI=1S/C14H19N3O3/c1-9-2-5-11(6-3-9)16-14(18)10-4-7-12(15)13(8-10)17(19)20/h4,7-9,11H,2-3,5-6,15H2,1H3,(H,16,18). The number of nitrogens with zero attached hydrogens (tertiary/aromatic N) is 1. The van der Waals surface area contributed by atoms with E-state index in [0.29, 0.717) is 5.92 Å². The molecule has 6 nitrogen and oxygen atoms in total. The Hall–Kier alpha value is -2.11. The summed E-state index contributed by atoms with van der Waals surface area (Å²) < 4.78 is 0. The summed E-state index contributed by atoms with van der Waals surface area (Å²) in [5.41, 5.74) is 5.64. The molecule has 0 heterocycles. The van der Waals surface area contributed by atoms with Gasteiger partial charge in [-0.25, -0.2) is 0 Å². The van der Waals surface area contributed by atoms with Crippen LogP contribution in [-0.4, -0.2) is 16.9 Å². The number of nitrogens with one attached hydrogen (secondary N) is 1. The SMILES string of the molecule is CC1CCC(NC(=O)c2ccc(N)c([N+](=O)[O-])c2)CC1. The van der Waals surface area contributed by atoms with Crippen LogP contribution in [0.4, 0.5) is 11.4 Å². The van der Waals surface area contributed by atoms with E-state index >= 15 is 0 Å². The third-order valence-corrected chi connectivity index (χ3v) is 3.84. The maximum Gasteiger partial charge on any atom is 0.292 e. The van der Waals surface area contributed by atoms with Gasteiger partial charge in [0.25, 0.3) is 11.6 Å². The molecular formula is C14H19N3O3. The quantitative estimate of drug-likeness (QED) is 0.503. The molecule has 0 bridgehead atoms. The van der Waals surface area contributed by atoms with Crippen molar-refractivity contribution in [2.75, 3.05) is 5.73 Å². The van der Waals surface area contributed by atoms with Gasteiger partial charge in [-0.1, -0.05) is 6.92 Å². The number of nitrogens with two attached hydrogens (primary N) is 1. The second-order valence-corrected chi connectivity index (χ2v) is 5.46. The Morgan fingerprint density at radius 1 is 1.35 bits per heavy atom.